The van der Waals surface area contributed by atoms with Gasteiger partial charge in [0.1, 0.15) is 19.3 Å². The first-order valence-corrected chi connectivity index (χ1v) is 8.20. The lowest BCUT2D eigenvalue weighted by Gasteiger charge is -2.26. The van der Waals surface area contributed by atoms with Crippen LogP contribution in [0.3, 0.4) is 0 Å². The summed E-state index contributed by atoms with van der Waals surface area (Å²) < 4.78 is 22.5. The fourth-order valence-electron chi connectivity index (χ4n) is 2.44. The smallest absolute Gasteiger partial charge is 0.179 e. The molecule has 0 aliphatic carbocycles. The highest BCUT2D eigenvalue weighted by Gasteiger charge is 2.19. The average Bonchev–Trinajstić information content (AvgIpc) is 2.62. The number of methoxy groups -OCH3 is 1. The van der Waals surface area contributed by atoms with E-state index in [1.807, 2.05) is 36.4 Å². The van der Waals surface area contributed by atoms with Crippen LogP contribution in [-0.2, 0) is 0 Å². The van der Waals surface area contributed by atoms with E-state index in [-0.39, 0.29) is 6.10 Å². The number of para-hydroxylation sites is 3. The fraction of sp³-hybridized carbons (Fsp3) is 0.333. The molecule has 1 N–H and O–H groups in total. The summed E-state index contributed by atoms with van der Waals surface area (Å²) in [5, 5.41) is 3.84. The number of fused-ring (bicyclic) bond motifs is 1. The maximum Gasteiger partial charge on any atom is 0.179 e. The molecule has 1 heterocycles. The van der Waals surface area contributed by atoms with Crippen LogP contribution < -0.4 is 24.3 Å². The number of hydrogen-bond acceptors (Lipinski definition) is 5. The van der Waals surface area contributed by atoms with E-state index in [0.717, 1.165) is 11.5 Å². The molecular weight excluding hydrogens is 330 g/mol. The highest BCUT2D eigenvalue weighted by Crippen LogP contribution is 2.34. The zero-order valence-electron chi connectivity index (χ0n) is 13.5. The molecule has 0 spiro atoms. The molecule has 24 heavy (non-hydrogen) atoms. The second kappa shape index (κ2) is 8.13. The van der Waals surface area contributed by atoms with Gasteiger partial charge in [-0.1, -0.05) is 29.8 Å². The van der Waals surface area contributed by atoms with Gasteiger partial charge in [0.15, 0.2) is 23.0 Å². The van der Waals surface area contributed by atoms with Crippen molar-refractivity contribution in [3.63, 3.8) is 0 Å². The van der Waals surface area contributed by atoms with Gasteiger partial charge in [-0.2, -0.15) is 0 Å². The van der Waals surface area contributed by atoms with Crippen molar-refractivity contribution in [2.45, 2.75) is 6.10 Å². The molecule has 0 saturated carbocycles. The molecule has 0 amide bonds. The zero-order chi connectivity index (χ0) is 16.8. The van der Waals surface area contributed by atoms with Gasteiger partial charge in [0.05, 0.1) is 12.1 Å². The predicted molar refractivity (Wildman–Crippen MR) is 92.7 cm³/mol. The number of nitrogens with one attached hydrogen (secondary N) is 1. The van der Waals surface area contributed by atoms with Crippen LogP contribution in [0.4, 0.5) is 0 Å². The lowest BCUT2D eigenvalue weighted by molar-refractivity contribution is 0.0897. The first kappa shape index (κ1) is 16.7. The molecule has 2 aromatic carbocycles. The van der Waals surface area contributed by atoms with Crippen molar-refractivity contribution in [1.82, 2.24) is 5.32 Å². The normalized spacial score (nSPS) is 15.8. The molecule has 128 valence electrons. The first-order valence-electron chi connectivity index (χ1n) is 7.82. The molecule has 0 aromatic heterocycles. The summed E-state index contributed by atoms with van der Waals surface area (Å²) in [6.45, 7) is 2.35. The molecule has 6 heteroatoms. The van der Waals surface area contributed by atoms with Gasteiger partial charge in [0.25, 0.3) is 0 Å². The minimum atomic E-state index is -0.0188. The molecule has 0 unspecified atom stereocenters. The van der Waals surface area contributed by atoms with Gasteiger partial charge in [-0.3, -0.25) is 0 Å². The van der Waals surface area contributed by atoms with E-state index in [4.69, 9.17) is 30.5 Å². The predicted octanol–water partition coefficient (Wildman–Crippen LogP) is 3.16. The van der Waals surface area contributed by atoms with Crippen LogP contribution in [0.15, 0.2) is 42.5 Å². The number of benzene rings is 2. The Labute approximate surface area is 146 Å². The third kappa shape index (κ3) is 4.04. The number of halogens is 1. The molecule has 3 rings (SSSR count). The monoisotopic (exact) mass is 349 g/mol. The lowest BCUT2D eigenvalue weighted by atomic mass is 10.2. The van der Waals surface area contributed by atoms with Gasteiger partial charge in [-0.15, -0.1) is 0 Å². The van der Waals surface area contributed by atoms with Gasteiger partial charge in [0, 0.05) is 13.1 Å². The van der Waals surface area contributed by atoms with E-state index in [1.54, 1.807) is 13.2 Å². The summed E-state index contributed by atoms with van der Waals surface area (Å²) in [4.78, 5) is 0. The molecule has 5 nitrogen and oxygen atoms in total. The lowest BCUT2D eigenvalue weighted by Crippen LogP contribution is -2.39. The van der Waals surface area contributed by atoms with Gasteiger partial charge in [0.2, 0.25) is 0 Å². The largest absolute Gasteiger partial charge is 0.493 e. The van der Waals surface area contributed by atoms with E-state index in [0.29, 0.717) is 42.8 Å². The maximum atomic E-state index is 6.13. The zero-order valence-corrected chi connectivity index (χ0v) is 14.2. The molecular formula is C18H20ClNO4. The minimum Gasteiger partial charge on any atom is -0.493 e. The Kier molecular flexibility index (Phi) is 5.67. The van der Waals surface area contributed by atoms with Crippen molar-refractivity contribution in [2.75, 3.05) is 33.4 Å². The van der Waals surface area contributed by atoms with Crippen LogP contribution in [0, 0.1) is 0 Å². The summed E-state index contributed by atoms with van der Waals surface area (Å²) in [5.74, 6) is 2.77. The third-order valence-corrected chi connectivity index (χ3v) is 3.91. The van der Waals surface area contributed by atoms with Crippen LogP contribution >= 0.6 is 11.6 Å². The molecule has 1 aliphatic rings. The van der Waals surface area contributed by atoms with Crippen LogP contribution in [-0.4, -0.2) is 39.5 Å². The van der Waals surface area contributed by atoms with Crippen molar-refractivity contribution in [2.24, 2.45) is 0 Å². The van der Waals surface area contributed by atoms with Crippen LogP contribution in [0.1, 0.15) is 0 Å². The maximum absolute atomic E-state index is 6.13. The fourth-order valence-corrected chi connectivity index (χ4v) is 2.66. The Morgan fingerprint density at radius 2 is 2.00 bits per heavy atom. The van der Waals surface area contributed by atoms with Crippen molar-refractivity contribution < 1.29 is 18.9 Å². The van der Waals surface area contributed by atoms with Crippen molar-refractivity contribution >= 4 is 11.6 Å². The highest BCUT2D eigenvalue weighted by molar-refractivity contribution is 6.32. The van der Waals surface area contributed by atoms with E-state index in [2.05, 4.69) is 5.32 Å². The standard InChI is InChI=1S/C18H20ClNO4/c1-21-17-8-4-5-14(19)18(17)22-10-9-20-11-13-12-23-15-6-2-3-7-16(15)24-13/h2-8,13,20H,9-12H2,1H3/t13-/m0/s1. The van der Waals surface area contributed by atoms with Crippen molar-refractivity contribution in [3.8, 4) is 23.0 Å². The van der Waals surface area contributed by atoms with Crippen LogP contribution in [0.25, 0.3) is 0 Å². The molecule has 0 fully saturated rings. The Bertz CT molecular complexity index is 680. The second-order valence-corrected chi connectivity index (χ2v) is 5.73. The van der Waals surface area contributed by atoms with Gasteiger partial charge >= 0.3 is 0 Å². The van der Waals surface area contributed by atoms with Gasteiger partial charge in [-0.05, 0) is 24.3 Å². The Hall–Kier alpha value is -2.11. The Morgan fingerprint density at radius 1 is 1.17 bits per heavy atom. The molecule has 1 atom stereocenters. The van der Waals surface area contributed by atoms with Crippen LogP contribution in [0.5, 0.6) is 23.0 Å². The SMILES string of the molecule is COc1cccc(Cl)c1OCCNC[C@H]1COc2ccccc2O1. The summed E-state index contributed by atoms with van der Waals surface area (Å²) in [6.07, 6.45) is -0.0188. The molecule has 2 aromatic rings. The van der Waals surface area contributed by atoms with Gasteiger partial charge < -0.3 is 24.3 Å². The summed E-state index contributed by atoms with van der Waals surface area (Å²) in [7, 11) is 1.59. The number of ether oxygens (including phenoxy) is 4. The molecule has 0 bridgehead atoms. The summed E-state index contributed by atoms with van der Waals surface area (Å²) in [6, 6.07) is 13.1. The molecule has 1 aliphatic heterocycles. The van der Waals surface area contributed by atoms with Crippen molar-refractivity contribution in [1.29, 1.82) is 0 Å². The average molecular weight is 350 g/mol. The Morgan fingerprint density at radius 3 is 2.83 bits per heavy atom. The molecule has 0 radical (unpaired) electrons. The summed E-state index contributed by atoms with van der Waals surface area (Å²) in [5.41, 5.74) is 0. The number of hydrogen-bond donors (Lipinski definition) is 1. The van der Waals surface area contributed by atoms with Crippen LogP contribution in [0.2, 0.25) is 5.02 Å². The van der Waals surface area contributed by atoms with E-state index in [9.17, 15) is 0 Å². The second-order valence-electron chi connectivity index (χ2n) is 5.32. The van der Waals surface area contributed by atoms with E-state index < -0.39 is 0 Å². The topological polar surface area (TPSA) is 49.0 Å². The summed E-state index contributed by atoms with van der Waals surface area (Å²) >= 11 is 6.13. The molecule has 0 saturated heterocycles. The van der Waals surface area contributed by atoms with Gasteiger partial charge in [-0.25, -0.2) is 0 Å². The number of rotatable bonds is 7. The minimum absolute atomic E-state index is 0.0188. The van der Waals surface area contributed by atoms with E-state index in [1.165, 1.54) is 0 Å². The van der Waals surface area contributed by atoms with E-state index >= 15 is 0 Å². The quantitative estimate of drug-likeness (QED) is 0.778. The Balaban J connectivity index is 1.41. The highest BCUT2D eigenvalue weighted by atomic mass is 35.5. The first-order chi connectivity index (χ1) is 11.8. The third-order valence-electron chi connectivity index (χ3n) is 3.62. The van der Waals surface area contributed by atoms with Crippen molar-refractivity contribution in [3.05, 3.63) is 47.5 Å².